The van der Waals surface area contributed by atoms with E-state index in [4.69, 9.17) is 4.74 Å². The van der Waals surface area contributed by atoms with Crippen LogP contribution in [0.15, 0.2) is 48.5 Å². The molecule has 0 aliphatic carbocycles. The molecule has 0 saturated heterocycles. The third kappa shape index (κ3) is 5.92. The Morgan fingerprint density at radius 3 is 2.27 bits per heavy atom. The van der Waals surface area contributed by atoms with Gasteiger partial charge in [0, 0.05) is 17.8 Å². The van der Waals surface area contributed by atoms with Crippen molar-refractivity contribution < 1.29 is 14.3 Å². The molecule has 1 unspecified atom stereocenters. The first-order valence-electron chi connectivity index (χ1n) is 8.96. The fourth-order valence-corrected chi connectivity index (χ4v) is 2.45. The highest BCUT2D eigenvalue weighted by Crippen LogP contribution is 2.18. The number of ether oxygens (including phenoxy) is 1. The van der Waals surface area contributed by atoms with E-state index < -0.39 is 6.10 Å². The van der Waals surface area contributed by atoms with E-state index in [1.807, 2.05) is 45.0 Å². The Kier molecular flexibility index (Phi) is 7.21. The van der Waals surface area contributed by atoms with Crippen LogP contribution in [0.2, 0.25) is 0 Å². The molecular formula is C21H26N2O3. The van der Waals surface area contributed by atoms with E-state index in [0.29, 0.717) is 30.0 Å². The Hall–Kier alpha value is -2.82. The molecule has 0 radical (unpaired) electrons. The first-order chi connectivity index (χ1) is 12.5. The molecule has 138 valence electrons. The number of aryl methyl sites for hydroxylation is 1. The van der Waals surface area contributed by atoms with Crippen molar-refractivity contribution in [2.75, 3.05) is 10.6 Å². The lowest BCUT2D eigenvalue weighted by atomic mass is 10.2. The van der Waals surface area contributed by atoms with Crippen LogP contribution >= 0.6 is 0 Å². The fourth-order valence-electron chi connectivity index (χ4n) is 2.45. The molecule has 0 heterocycles. The van der Waals surface area contributed by atoms with Gasteiger partial charge in [-0.05, 0) is 50.1 Å². The van der Waals surface area contributed by atoms with Crippen molar-refractivity contribution >= 4 is 23.2 Å². The molecule has 0 fully saturated rings. The standard InChI is InChI=1S/C21H26N2O3/c1-4-7-20(24)22-16-8-6-9-17(14-16)23-21(25)19(5-2)26-18-12-10-15(3)11-13-18/h6,8-14,19H,4-5,7H2,1-3H3,(H,22,24)(H,23,25). The molecule has 2 rings (SSSR count). The van der Waals surface area contributed by atoms with Crippen LogP contribution in [0.3, 0.4) is 0 Å². The predicted molar refractivity (Wildman–Crippen MR) is 104 cm³/mol. The fraction of sp³-hybridized carbons (Fsp3) is 0.333. The lowest BCUT2D eigenvalue weighted by molar-refractivity contribution is -0.122. The third-order valence-electron chi connectivity index (χ3n) is 3.85. The van der Waals surface area contributed by atoms with Gasteiger partial charge >= 0.3 is 0 Å². The van der Waals surface area contributed by atoms with Gasteiger partial charge in [-0.3, -0.25) is 9.59 Å². The van der Waals surface area contributed by atoms with Gasteiger partial charge in [0.2, 0.25) is 5.91 Å². The Morgan fingerprint density at radius 2 is 1.65 bits per heavy atom. The van der Waals surface area contributed by atoms with E-state index in [0.717, 1.165) is 12.0 Å². The van der Waals surface area contributed by atoms with Crippen LogP contribution in [-0.4, -0.2) is 17.9 Å². The number of benzene rings is 2. The highest BCUT2D eigenvalue weighted by atomic mass is 16.5. The van der Waals surface area contributed by atoms with Crippen LogP contribution in [-0.2, 0) is 9.59 Å². The van der Waals surface area contributed by atoms with Gasteiger partial charge in [0.25, 0.3) is 5.91 Å². The third-order valence-corrected chi connectivity index (χ3v) is 3.85. The summed E-state index contributed by atoms with van der Waals surface area (Å²) in [5, 5.41) is 5.68. The number of hydrogen-bond acceptors (Lipinski definition) is 3. The number of nitrogens with one attached hydrogen (secondary N) is 2. The van der Waals surface area contributed by atoms with Crippen molar-refractivity contribution in [2.45, 2.75) is 46.1 Å². The number of hydrogen-bond donors (Lipinski definition) is 2. The smallest absolute Gasteiger partial charge is 0.265 e. The zero-order valence-corrected chi connectivity index (χ0v) is 15.5. The Morgan fingerprint density at radius 1 is 1.00 bits per heavy atom. The molecule has 0 saturated carbocycles. The van der Waals surface area contributed by atoms with Crippen LogP contribution in [0.1, 0.15) is 38.7 Å². The van der Waals surface area contributed by atoms with Gasteiger partial charge in [0.1, 0.15) is 5.75 Å². The lowest BCUT2D eigenvalue weighted by Gasteiger charge is -2.18. The van der Waals surface area contributed by atoms with Crippen molar-refractivity contribution in [1.82, 2.24) is 0 Å². The molecule has 1 atom stereocenters. The molecule has 0 bridgehead atoms. The van der Waals surface area contributed by atoms with Crippen LogP contribution in [0.4, 0.5) is 11.4 Å². The van der Waals surface area contributed by atoms with Gasteiger partial charge in [-0.1, -0.05) is 37.6 Å². The van der Waals surface area contributed by atoms with Crippen LogP contribution in [0.25, 0.3) is 0 Å². The molecular weight excluding hydrogens is 328 g/mol. The molecule has 2 aromatic rings. The molecule has 2 aromatic carbocycles. The van der Waals surface area contributed by atoms with Crippen LogP contribution < -0.4 is 15.4 Å². The summed E-state index contributed by atoms with van der Waals surface area (Å²) in [5.74, 6) is 0.411. The zero-order valence-electron chi connectivity index (χ0n) is 15.5. The van der Waals surface area contributed by atoms with Crippen molar-refractivity contribution in [3.05, 3.63) is 54.1 Å². The number of amides is 2. The molecule has 0 aliphatic heterocycles. The lowest BCUT2D eigenvalue weighted by Crippen LogP contribution is -2.32. The van der Waals surface area contributed by atoms with Crippen molar-refractivity contribution in [1.29, 1.82) is 0 Å². The van der Waals surface area contributed by atoms with E-state index in [2.05, 4.69) is 10.6 Å². The molecule has 2 N–H and O–H groups in total. The maximum atomic E-state index is 12.5. The average Bonchev–Trinajstić information content (AvgIpc) is 2.61. The summed E-state index contributed by atoms with van der Waals surface area (Å²) in [6.07, 6.45) is 1.22. The van der Waals surface area contributed by atoms with Crippen molar-refractivity contribution in [3.63, 3.8) is 0 Å². The quantitative estimate of drug-likeness (QED) is 0.732. The SMILES string of the molecule is CCCC(=O)Nc1cccc(NC(=O)C(CC)Oc2ccc(C)cc2)c1. The maximum absolute atomic E-state index is 12.5. The number of rotatable bonds is 8. The largest absolute Gasteiger partial charge is 0.481 e. The minimum Gasteiger partial charge on any atom is -0.481 e. The van der Waals surface area contributed by atoms with E-state index in [9.17, 15) is 9.59 Å². The highest BCUT2D eigenvalue weighted by molar-refractivity contribution is 5.96. The first-order valence-corrected chi connectivity index (χ1v) is 8.96. The van der Waals surface area contributed by atoms with E-state index in [1.54, 1.807) is 24.3 Å². The zero-order chi connectivity index (χ0) is 18.9. The minimum atomic E-state index is -0.587. The summed E-state index contributed by atoms with van der Waals surface area (Å²) in [4.78, 5) is 24.2. The van der Waals surface area contributed by atoms with Gasteiger partial charge < -0.3 is 15.4 Å². The van der Waals surface area contributed by atoms with E-state index in [1.165, 1.54) is 0 Å². The van der Waals surface area contributed by atoms with Gasteiger partial charge in [-0.15, -0.1) is 0 Å². The molecule has 0 aromatic heterocycles. The first kappa shape index (κ1) is 19.5. The Bertz CT molecular complexity index is 741. The summed E-state index contributed by atoms with van der Waals surface area (Å²) in [6, 6.07) is 14.7. The van der Waals surface area contributed by atoms with Gasteiger partial charge in [0.15, 0.2) is 6.10 Å². The highest BCUT2D eigenvalue weighted by Gasteiger charge is 2.18. The van der Waals surface area contributed by atoms with Crippen LogP contribution in [0, 0.1) is 6.92 Å². The number of anilines is 2. The van der Waals surface area contributed by atoms with Gasteiger partial charge in [0.05, 0.1) is 0 Å². The van der Waals surface area contributed by atoms with Crippen LogP contribution in [0.5, 0.6) is 5.75 Å². The Balaban J connectivity index is 2.00. The van der Waals surface area contributed by atoms with Crippen molar-refractivity contribution in [2.24, 2.45) is 0 Å². The van der Waals surface area contributed by atoms with Gasteiger partial charge in [-0.2, -0.15) is 0 Å². The second-order valence-corrected chi connectivity index (χ2v) is 6.20. The monoisotopic (exact) mass is 354 g/mol. The molecule has 26 heavy (non-hydrogen) atoms. The summed E-state index contributed by atoms with van der Waals surface area (Å²) in [7, 11) is 0. The van der Waals surface area contributed by atoms with Gasteiger partial charge in [-0.25, -0.2) is 0 Å². The second kappa shape index (κ2) is 9.61. The number of carbonyl (C=O) groups is 2. The summed E-state index contributed by atoms with van der Waals surface area (Å²) >= 11 is 0. The van der Waals surface area contributed by atoms with E-state index >= 15 is 0 Å². The molecule has 0 spiro atoms. The predicted octanol–water partition coefficient (Wildman–Crippen LogP) is 4.53. The topological polar surface area (TPSA) is 67.4 Å². The molecule has 2 amide bonds. The average molecular weight is 354 g/mol. The summed E-state index contributed by atoms with van der Waals surface area (Å²) < 4.78 is 5.80. The molecule has 5 nitrogen and oxygen atoms in total. The van der Waals surface area contributed by atoms with Crippen molar-refractivity contribution in [3.8, 4) is 5.75 Å². The maximum Gasteiger partial charge on any atom is 0.265 e. The minimum absolute atomic E-state index is 0.0369. The second-order valence-electron chi connectivity index (χ2n) is 6.20. The normalized spacial score (nSPS) is 11.5. The summed E-state index contributed by atoms with van der Waals surface area (Å²) in [5.41, 5.74) is 2.42. The van der Waals surface area contributed by atoms with E-state index in [-0.39, 0.29) is 11.8 Å². The number of carbonyl (C=O) groups excluding carboxylic acids is 2. The molecule has 5 heteroatoms. The summed E-state index contributed by atoms with van der Waals surface area (Å²) in [6.45, 7) is 5.86. The Labute approximate surface area is 154 Å². The molecule has 0 aliphatic rings.